The van der Waals surface area contributed by atoms with Gasteiger partial charge in [0.05, 0.1) is 0 Å². The molecule has 112 valence electrons. The van der Waals surface area contributed by atoms with Crippen molar-refractivity contribution in [3.8, 4) is 0 Å². The predicted octanol–water partition coefficient (Wildman–Crippen LogP) is 2.70. The highest BCUT2D eigenvalue weighted by Gasteiger charge is 2.16. The number of carbonyl (C=O) groups excluding carboxylic acids is 2. The lowest BCUT2D eigenvalue weighted by Crippen LogP contribution is -2.16. The smallest absolute Gasteiger partial charge is 0.303 e. The maximum absolute atomic E-state index is 12.0. The Morgan fingerprint density at radius 3 is 2.00 bits per heavy atom. The van der Waals surface area contributed by atoms with Gasteiger partial charge in [-0.2, -0.15) is 0 Å². The van der Waals surface area contributed by atoms with E-state index in [4.69, 9.17) is 5.11 Å². The van der Waals surface area contributed by atoms with Crippen molar-refractivity contribution in [2.24, 2.45) is 0 Å². The Bertz CT molecular complexity index is 672. The maximum Gasteiger partial charge on any atom is 0.303 e. The van der Waals surface area contributed by atoms with Crippen LogP contribution in [-0.4, -0.2) is 22.6 Å². The first-order chi connectivity index (χ1) is 10.6. The number of Topliss-reactive ketones (excluding diaryl/α,β-unsaturated/α-hetero) is 2. The third-order valence-corrected chi connectivity index (χ3v) is 3.30. The van der Waals surface area contributed by atoms with Gasteiger partial charge in [0.1, 0.15) is 0 Å². The molecule has 0 unspecified atom stereocenters. The van der Waals surface area contributed by atoms with Crippen LogP contribution in [0.3, 0.4) is 0 Å². The van der Waals surface area contributed by atoms with Gasteiger partial charge < -0.3 is 5.11 Å². The first kappa shape index (κ1) is 15.6. The molecule has 0 aliphatic rings. The molecular formula is C18H16O4. The maximum atomic E-state index is 12.0. The van der Waals surface area contributed by atoms with E-state index in [1.54, 1.807) is 54.6 Å². The van der Waals surface area contributed by atoms with E-state index in [-0.39, 0.29) is 12.8 Å². The van der Waals surface area contributed by atoms with Crippen LogP contribution in [0, 0.1) is 0 Å². The fraction of sp³-hybridized carbons (Fsp3) is 0.167. The number of hydrogen-bond donors (Lipinski definition) is 1. The highest BCUT2D eigenvalue weighted by atomic mass is 16.4. The Morgan fingerprint density at radius 2 is 1.41 bits per heavy atom. The fourth-order valence-electron chi connectivity index (χ4n) is 2.09. The van der Waals surface area contributed by atoms with Gasteiger partial charge in [-0.3, -0.25) is 14.4 Å². The van der Waals surface area contributed by atoms with Gasteiger partial charge in [-0.15, -0.1) is 0 Å². The van der Waals surface area contributed by atoms with Gasteiger partial charge in [0.15, 0.2) is 0 Å². The second-order valence-corrected chi connectivity index (χ2v) is 5.01. The number of ketones is 2. The average molecular weight is 296 g/mol. The fourth-order valence-corrected chi connectivity index (χ4v) is 2.09. The van der Waals surface area contributed by atoms with Gasteiger partial charge in [0, 0.05) is 18.4 Å². The summed E-state index contributed by atoms with van der Waals surface area (Å²) in [4.78, 5) is 34.5. The summed E-state index contributed by atoms with van der Waals surface area (Å²) in [5.74, 6) is -1.78. The van der Waals surface area contributed by atoms with Crippen LogP contribution in [0.5, 0.6) is 0 Å². The molecule has 0 aliphatic carbocycles. The predicted molar refractivity (Wildman–Crippen MR) is 81.9 cm³/mol. The number of carbonyl (C=O) groups is 3. The molecule has 0 atom stereocenters. The van der Waals surface area contributed by atoms with Crippen molar-refractivity contribution in [1.29, 1.82) is 0 Å². The van der Waals surface area contributed by atoms with Crippen molar-refractivity contribution in [1.82, 2.24) is 0 Å². The third-order valence-electron chi connectivity index (χ3n) is 3.30. The summed E-state index contributed by atoms with van der Waals surface area (Å²) in [7, 11) is 0. The standard InChI is InChI=1S/C18H16O4/c19-16(18(22)15-4-2-1-3-5-15)12-14-8-6-13(7-9-14)10-11-17(20)21/h1-9H,10-12H2,(H,20,21). The van der Waals surface area contributed by atoms with Crippen molar-refractivity contribution in [2.75, 3.05) is 0 Å². The molecule has 0 amide bonds. The molecule has 0 fully saturated rings. The molecule has 4 nitrogen and oxygen atoms in total. The van der Waals surface area contributed by atoms with Gasteiger partial charge in [-0.25, -0.2) is 0 Å². The summed E-state index contributed by atoms with van der Waals surface area (Å²) in [5, 5.41) is 8.64. The van der Waals surface area contributed by atoms with E-state index in [9.17, 15) is 14.4 Å². The van der Waals surface area contributed by atoms with Crippen LogP contribution in [0.15, 0.2) is 54.6 Å². The molecule has 0 saturated heterocycles. The van der Waals surface area contributed by atoms with E-state index < -0.39 is 17.5 Å². The van der Waals surface area contributed by atoms with Crippen LogP contribution in [0.1, 0.15) is 27.9 Å². The Balaban J connectivity index is 1.97. The minimum atomic E-state index is -0.840. The molecule has 0 bridgehead atoms. The molecule has 0 aliphatic heterocycles. The Hall–Kier alpha value is -2.75. The van der Waals surface area contributed by atoms with Gasteiger partial charge in [0.25, 0.3) is 0 Å². The molecule has 0 spiro atoms. The van der Waals surface area contributed by atoms with Crippen LogP contribution < -0.4 is 0 Å². The molecule has 2 aromatic rings. The molecule has 0 saturated carbocycles. The molecule has 22 heavy (non-hydrogen) atoms. The van der Waals surface area contributed by atoms with Crippen molar-refractivity contribution >= 4 is 17.5 Å². The highest BCUT2D eigenvalue weighted by molar-refractivity contribution is 6.44. The Labute approximate surface area is 128 Å². The minimum Gasteiger partial charge on any atom is -0.481 e. The zero-order chi connectivity index (χ0) is 15.9. The van der Waals surface area contributed by atoms with Gasteiger partial charge in [0.2, 0.25) is 11.6 Å². The number of aryl methyl sites for hydroxylation is 1. The zero-order valence-corrected chi connectivity index (χ0v) is 12.0. The molecule has 1 N–H and O–H groups in total. The molecule has 0 aromatic heterocycles. The number of benzene rings is 2. The number of carboxylic acids is 1. The molecule has 4 heteroatoms. The summed E-state index contributed by atoms with van der Waals surface area (Å²) >= 11 is 0. The summed E-state index contributed by atoms with van der Waals surface area (Å²) < 4.78 is 0. The summed E-state index contributed by atoms with van der Waals surface area (Å²) in [6.45, 7) is 0. The van der Waals surface area contributed by atoms with Crippen molar-refractivity contribution in [3.63, 3.8) is 0 Å². The topological polar surface area (TPSA) is 71.4 Å². The lowest BCUT2D eigenvalue weighted by molar-refractivity contribution is -0.137. The number of carboxylic acid groups (broad SMARTS) is 1. The quantitative estimate of drug-likeness (QED) is 0.630. The lowest BCUT2D eigenvalue weighted by Gasteiger charge is -2.03. The summed E-state index contributed by atoms with van der Waals surface area (Å²) in [5.41, 5.74) is 2.03. The van der Waals surface area contributed by atoms with Crippen LogP contribution >= 0.6 is 0 Å². The van der Waals surface area contributed by atoms with E-state index in [1.165, 1.54) is 0 Å². The summed E-state index contributed by atoms with van der Waals surface area (Å²) in [6.07, 6.45) is 0.574. The zero-order valence-electron chi connectivity index (χ0n) is 12.0. The van der Waals surface area contributed by atoms with Crippen LogP contribution in [0.25, 0.3) is 0 Å². The molecule has 2 rings (SSSR count). The van der Waals surface area contributed by atoms with E-state index >= 15 is 0 Å². The normalized spacial score (nSPS) is 10.2. The minimum absolute atomic E-state index is 0.0485. The molecular weight excluding hydrogens is 280 g/mol. The van der Waals surface area contributed by atoms with Crippen molar-refractivity contribution in [3.05, 3.63) is 71.3 Å². The first-order valence-corrected chi connectivity index (χ1v) is 6.98. The van der Waals surface area contributed by atoms with Crippen molar-refractivity contribution < 1.29 is 19.5 Å². The SMILES string of the molecule is O=C(O)CCc1ccc(CC(=O)C(=O)c2ccccc2)cc1. The van der Waals surface area contributed by atoms with Crippen LogP contribution in [0.2, 0.25) is 0 Å². The van der Waals surface area contributed by atoms with E-state index in [1.807, 2.05) is 0 Å². The van der Waals surface area contributed by atoms with E-state index in [2.05, 4.69) is 0 Å². The molecule has 2 aromatic carbocycles. The number of aliphatic carboxylic acids is 1. The summed E-state index contributed by atoms with van der Waals surface area (Å²) in [6, 6.07) is 15.6. The second-order valence-electron chi connectivity index (χ2n) is 5.01. The lowest BCUT2D eigenvalue weighted by atomic mass is 10.00. The highest BCUT2D eigenvalue weighted by Crippen LogP contribution is 2.10. The Kier molecular flexibility index (Phi) is 5.20. The van der Waals surface area contributed by atoms with Crippen LogP contribution in [0.4, 0.5) is 0 Å². The number of rotatable bonds is 7. The Morgan fingerprint density at radius 1 is 0.818 bits per heavy atom. The van der Waals surface area contributed by atoms with Gasteiger partial charge in [-0.1, -0.05) is 54.6 Å². The van der Waals surface area contributed by atoms with Gasteiger partial charge >= 0.3 is 5.97 Å². The molecule has 0 radical (unpaired) electrons. The first-order valence-electron chi connectivity index (χ1n) is 6.98. The monoisotopic (exact) mass is 296 g/mol. The average Bonchev–Trinajstić information content (AvgIpc) is 2.54. The van der Waals surface area contributed by atoms with E-state index in [0.717, 1.165) is 11.1 Å². The van der Waals surface area contributed by atoms with Crippen molar-refractivity contribution in [2.45, 2.75) is 19.3 Å². The third kappa shape index (κ3) is 4.38. The van der Waals surface area contributed by atoms with E-state index in [0.29, 0.717) is 12.0 Å². The van der Waals surface area contributed by atoms with Gasteiger partial charge in [-0.05, 0) is 17.5 Å². The second kappa shape index (κ2) is 7.31. The van der Waals surface area contributed by atoms with Crippen LogP contribution in [-0.2, 0) is 22.4 Å². The largest absolute Gasteiger partial charge is 0.481 e. The number of hydrogen-bond acceptors (Lipinski definition) is 3. The molecule has 0 heterocycles.